The molecular weight excluding hydrogens is 270 g/mol. The molecule has 0 radical (unpaired) electrons. The molecule has 1 fully saturated rings. The summed E-state index contributed by atoms with van der Waals surface area (Å²) in [6, 6.07) is 5.65. The summed E-state index contributed by atoms with van der Waals surface area (Å²) in [5, 5.41) is 14.3. The van der Waals surface area contributed by atoms with E-state index in [1.54, 1.807) is 19.1 Å². The average molecular weight is 291 g/mol. The van der Waals surface area contributed by atoms with Crippen LogP contribution in [0, 0.1) is 23.0 Å². The van der Waals surface area contributed by atoms with Crippen LogP contribution >= 0.6 is 0 Å². The summed E-state index contributed by atoms with van der Waals surface area (Å²) in [6.45, 7) is 2.34. The first kappa shape index (κ1) is 15.4. The number of nitro benzene ring substituents is 1. The van der Waals surface area contributed by atoms with Gasteiger partial charge in [-0.3, -0.25) is 14.9 Å². The molecule has 114 valence electrons. The van der Waals surface area contributed by atoms with E-state index >= 15 is 0 Å². The highest BCUT2D eigenvalue weighted by molar-refractivity contribution is 5.76. The summed E-state index contributed by atoms with van der Waals surface area (Å²) in [7, 11) is 0. The second-order valence-electron chi connectivity index (χ2n) is 5.71. The maximum absolute atomic E-state index is 11.1. The van der Waals surface area contributed by atoms with E-state index in [2.05, 4.69) is 5.32 Å². The predicted molar refractivity (Wildman–Crippen MR) is 79.6 cm³/mol. The molecule has 3 N–H and O–H groups in total. The lowest BCUT2D eigenvalue weighted by atomic mass is 9.85. The summed E-state index contributed by atoms with van der Waals surface area (Å²) in [6.07, 6.45) is 3.48. The second-order valence-corrected chi connectivity index (χ2v) is 5.71. The van der Waals surface area contributed by atoms with Crippen molar-refractivity contribution < 1.29 is 9.72 Å². The summed E-state index contributed by atoms with van der Waals surface area (Å²) in [5.74, 6) is -0.203. The number of carbonyl (C=O) groups is 1. The van der Waals surface area contributed by atoms with Gasteiger partial charge in [0, 0.05) is 30.1 Å². The van der Waals surface area contributed by atoms with E-state index in [0.29, 0.717) is 18.2 Å². The third-order valence-corrected chi connectivity index (χ3v) is 4.19. The van der Waals surface area contributed by atoms with Crippen molar-refractivity contribution in [1.29, 1.82) is 0 Å². The van der Waals surface area contributed by atoms with Crippen molar-refractivity contribution in [2.75, 3.05) is 0 Å². The Morgan fingerprint density at radius 1 is 1.38 bits per heavy atom. The Labute approximate surface area is 123 Å². The number of nitrogens with zero attached hydrogens (tertiary/aromatic N) is 1. The highest BCUT2D eigenvalue weighted by atomic mass is 16.6. The van der Waals surface area contributed by atoms with Crippen molar-refractivity contribution in [2.24, 2.45) is 11.7 Å². The van der Waals surface area contributed by atoms with E-state index in [0.717, 1.165) is 31.2 Å². The fraction of sp³-hybridized carbons (Fsp3) is 0.533. The van der Waals surface area contributed by atoms with E-state index in [4.69, 9.17) is 5.73 Å². The molecule has 21 heavy (non-hydrogen) atoms. The predicted octanol–water partition coefficient (Wildman–Crippen LogP) is 2.04. The van der Waals surface area contributed by atoms with Gasteiger partial charge in [-0.05, 0) is 38.2 Å². The van der Waals surface area contributed by atoms with Gasteiger partial charge in [0.05, 0.1) is 4.92 Å². The molecule has 1 aromatic rings. The maximum Gasteiger partial charge on any atom is 0.272 e. The molecule has 1 amide bonds. The zero-order chi connectivity index (χ0) is 15.4. The lowest BCUT2D eigenvalue weighted by Crippen LogP contribution is -2.36. The number of amides is 1. The van der Waals surface area contributed by atoms with Gasteiger partial charge in [-0.1, -0.05) is 12.1 Å². The molecule has 6 heteroatoms. The number of nitrogens with one attached hydrogen (secondary N) is 1. The molecule has 0 spiro atoms. The van der Waals surface area contributed by atoms with Crippen LogP contribution in [0.3, 0.4) is 0 Å². The number of carbonyl (C=O) groups excluding carboxylic acids is 1. The summed E-state index contributed by atoms with van der Waals surface area (Å²) < 4.78 is 0. The van der Waals surface area contributed by atoms with Gasteiger partial charge < -0.3 is 11.1 Å². The summed E-state index contributed by atoms with van der Waals surface area (Å²) in [4.78, 5) is 21.7. The minimum atomic E-state index is -0.350. The fourth-order valence-corrected chi connectivity index (χ4v) is 2.81. The topological polar surface area (TPSA) is 98.3 Å². The smallest absolute Gasteiger partial charge is 0.272 e. The highest BCUT2D eigenvalue weighted by Gasteiger charge is 2.24. The molecule has 0 bridgehead atoms. The molecule has 1 aromatic carbocycles. The summed E-state index contributed by atoms with van der Waals surface area (Å²) >= 11 is 0. The molecule has 1 aliphatic rings. The van der Waals surface area contributed by atoms with Crippen LogP contribution in [-0.2, 0) is 11.3 Å². The van der Waals surface area contributed by atoms with Gasteiger partial charge in [0.2, 0.25) is 5.91 Å². The molecule has 0 atom stereocenters. The van der Waals surface area contributed by atoms with Gasteiger partial charge in [0.15, 0.2) is 0 Å². The first-order chi connectivity index (χ1) is 9.97. The van der Waals surface area contributed by atoms with Crippen LogP contribution in [0.15, 0.2) is 18.2 Å². The fourth-order valence-electron chi connectivity index (χ4n) is 2.81. The van der Waals surface area contributed by atoms with Crippen molar-refractivity contribution in [2.45, 2.75) is 45.2 Å². The Kier molecular flexibility index (Phi) is 4.90. The Morgan fingerprint density at radius 2 is 2.05 bits per heavy atom. The van der Waals surface area contributed by atoms with Crippen LogP contribution in [0.5, 0.6) is 0 Å². The number of nitrogens with two attached hydrogens (primary N) is 1. The molecule has 0 heterocycles. The lowest BCUT2D eigenvalue weighted by molar-refractivity contribution is -0.385. The van der Waals surface area contributed by atoms with Crippen LogP contribution in [0.2, 0.25) is 0 Å². The van der Waals surface area contributed by atoms with Gasteiger partial charge in [-0.2, -0.15) is 0 Å². The van der Waals surface area contributed by atoms with E-state index < -0.39 is 0 Å². The SMILES string of the molecule is Cc1ccc(CNC2CCC(C(N)=O)CC2)cc1[N+](=O)[O-]. The maximum atomic E-state index is 11.1. The van der Waals surface area contributed by atoms with Gasteiger partial charge in [-0.25, -0.2) is 0 Å². The zero-order valence-electron chi connectivity index (χ0n) is 12.2. The molecule has 6 nitrogen and oxygen atoms in total. The first-order valence-corrected chi connectivity index (χ1v) is 7.24. The number of primary amides is 1. The number of rotatable bonds is 5. The van der Waals surface area contributed by atoms with Gasteiger partial charge in [0.1, 0.15) is 0 Å². The molecule has 1 aliphatic carbocycles. The zero-order valence-corrected chi connectivity index (χ0v) is 12.2. The number of hydrogen-bond acceptors (Lipinski definition) is 4. The Bertz CT molecular complexity index is 537. The molecule has 0 aliphatic heterocycles. The van der Waals surface area contributed by atoms with Crippen molar-refractivity contribution in [1.82, 2.24) is 5.32 Å². The van der Waals surface area contributed by atoms with Crippen molar-refractivity contribution in [3.63, 3.8) is 0 Å². The van der Waals surface area contributed by atoms with Crippen LogP contribution in [0.4, 0.5) is 5.69 Å². The minimum Gasteiger partial charge on any atom is -0.369 e. The average Bonchev–Trinajstić information content (AvgIpc) is 2.46. The van der Waals surface area contributed by atoms with Crippen LogP contribution in [-0.4, -0.2) is 16.9 Å². The Hall–Kier alpha value is -1.95. The lowest BCUT2D eigenvalue weighted by Gasteiger charge is -2.27. The Balaban J connectivity index is 1.88. The Morgan fingerprint density at radius 3 is 2.62 bits per heavy atom. The molecule has 2 rings (SSSR count). The largest absolute Gasteiger partial charge is 0.369 e. The number of benzene rings is 1. The first-order valence-electron chi connectivity index (χ1n) is 7.24. The number of nitro groups is 1. The standard InChI is InChI=1S/C15H21N3O3/c1-10-2-3-11(8-14(10)18(20)21)9-17-13-6-4-12(5-7-13)15(16)19/h2-3,8,12-13,17H,4-7,9H2,1H3,(H2,16,19). The third kappa shape index (κ3) is 4.01. The number of aryl methyl sites for hydroxylation is 1. The normalized spacial score (nSPS) is 22.0. The van der Waals surface area contributed by atoms with E-state index in [9.17, 15) is 14.9 Å². The van der Waals surface area contributed by atoms with Crippen molar-refractivity contribution in [3.8, 4) is 0 Å². The van der Waals surface area contributed by atoms with E-state index in [-0.39, 0.29) is 22.4 Å². The molecule has 1 saturated carbocycles. The van der Waals surface area contributed by atoms with Crippen LogP contribution in [0.25, 0.3) is 0 Å². The van der Waals surface area contributed by atoms with E-state index in [1.165, 1.54) is 0 Å². The molecule has 0 aromatic heterocycles. The molecule has 0 unspecified atom stereocenters. The van der Waals surface area contributed by atoms with Gasteiger partial charge in [-0.15, -0.1) is 0 Å². The van der Waals surface area contributed by atoms with E-state index in [1.807, 2.05) is 6.07 Å². The van der Waals surface area contributed by atoms with Crippen molar-refractivity contribution >= 4 is 11.6 Å². The van der Waals surface area contributed by atoms with Crippen molar-refractivity contribution in [3.05, 3.63) is 39.4 Å². The van der Waals surface area contributed by atoms with Crippen LogP contribution in [0.1, 0.15) is 36.8 Å². The summed E-state index contributed by atoms with van der Waals surface area (Å²) in [5.41, 5.74) is 7.05. The monoisotopic (exact) mass is 291 g/mol. The minimum absolute atomic E-state index is 0.00325. The van der Waals surface area contributed by atoms with Crippen LogP contribution < -0.4 is 11.1 Å². The molecule has 0 saturated heterocycles. The highest BCUT2D eigenvalue weighted by Crippen LogP contribution is 2.24. The second kappa shape index (κ2) is 6.67. The molecular formula is C15H21N3O3. The quantitative estimate of drug-likeness (QED) is 0.640. The third-order valence-electron chi connectivity index (χ3n) is 4.19. The number of hydrogen-bond donors (Lipinski definition) is 2. The van der Waals surface area contributed by atoms with Gasteiger partial charge in [0.25, 0.3) is 5.69 Å². The van der Waals surface area contributed by atoms with Gasteiger partial charge >= 0.3 is 0 Å².